The summed E-state index contributed by atoms with van der Waals surface area (Å²) in [4.78, 5) is 16.0. The number of aliphatic imine (C=N–C) groups is 1. The second-order valence-electron chi connectivity index (χ2n) is 5.70. The molecule has 29 heavy (non-hydrogen) atoms. The number of carbonyl (C=O) groups excluding carboxylic acids is 1. The second kappa shape index (κ2) is 7.90. The number of hydrogen-bond acceptors (Lipinski definition) is 5. The first-order chi connectivity index (χ1) is 13.7. The zero-order chi connectivity index (χ0) is 21.2. The molecule has 0 unspecified atom stereocenters. The number of hydrogen-bond donors (Lipinski definition) is 0. The average Bonchev–Trinajstić information content (AvgIpc) is 3.02. The molecule has 0 radical (unpaired) electrons. The van der Waals surface area contributed by atoms with Crippen LogP contribution in [-0.2, 0) is 15.7 Å². The summed E-state index contributed by atoms with van der Waals surface area (Å²) in [6, 6.07) is 7.95. The zero-order valence-electron chi connectivity index (χ0n) is 14.7. The minimum atomic E-state index is -4.49. The maximum absolute atomic E-state index is 12.6. The third-order valence-electron chi connectivity index (χ3n) is 3.79. The summed E-state index contributed by atoms with van der Waals surface area (Å²) in [5, 5.41) is 0. The molecule has 0 saturated carbocycles. The Morgan fingerprint density at radius 3 is 2.34 bits per heavy atom. The van der Waals surface area contributed by atoms with Crippen molar-refractivity contribution in [2.75, 3.05) is 7.11 Å². The van der Waals surface area contributed by atoms with E-state index >= 15 is 0 Å². The van der Waals surface area contributed by atoms with Gasteiger partial charge >= 0.3 is 18.8 Å². The second-order valence-corrected chi connectivity index (χ2v) is 5.70. The molecular weight excluding hydrogens is 401 g/mol. The highest BCUT2D eigenvalue weighted by atomic mass is 19.4. The maximum atomic E-state index is 12.6. The number of alkyl halides is 5. The normalized spacial score (nSPS) is 15.5. The fourth-order valence-corrected chi connectivity index (χ4v) is 2.46. The zero-order valence-corrected chi connectivity index (χ0v) is 14.7. The lowest BCUT2D eigenvalue weighted by Crippen LogP contribution is -2.08. The van der Waals surface area contributed by atoms with Crippen LogP contribution in [0.2, 0.25) is 0 Å². The Hall–Kier alpha value is -3.43. The molecule has 0 aliphatic carbocycles. The van der Waals surface area contributed by atoms with Gasteiger partial charge in [-0.3, -0.25) is 0 Å². The largest absolute Gasteiger partial charge is 0.493 e. The fourth-order valence-electron chi connectivity index (χ4n) is 2.46. The predicted octanol–water partition coefficient (Wildman–Crippen LogP) is 4.66. The van der Waals surface area contributed by atoms with E-state index in [0.717, 1.165) is 24.3 Å². The van der Waals surface area contributed by atoms with Crippen molar-refractivity contribution in [2.45, 2.75) is 12.8 Å². The highest BCUT2D eigenvalue weighted by Crippen LogP contribution is 2.32. The van der Waals surface area contributed by atoms with E-state index in [0.29, 0.717) is 5.56 Å². The van der Waals surface area contributed by atoms with E-state index in [4.69, 9.17) is 9.47 Å². The quantitative estimate of drug-likeness (QED) is 0.407. The number of cyclic esters (lactones) is 1. The Balaban J connectivity index is 1.87. The average molecular weight is 413 g/mol. The maximum Gasteiger partial charge on any atom is 0.416 e. The monoisotopic (exact) mass is 413 g/mol. The summed E-state index contributed by atoms with van der Waals surface area (Å²) >= 11 is 0. The summed E-state index contributed by atoms with van der Waals surface area (Å²) in [6.45, 7) is -3.03. The molecule has 0 N–H and O–H groups in total. The van der Waals surface area contributed by atoms with E-state index < -0.39 is 24.3 Å². The highest BCUT2D eigenvalue weighted by Gasteiger charge is 2.31. The molecule has 5 nitrogen and oxygen atoms in total. The van der Waals surface area contributed by atoms with Gasteiger partial charge in [0.1, 0.15) is 0 Å². The molecule has 0 fully saturated rings. The van der Waals surface area contributed by atoms with Crippen molar-refractivity contribution in [1.82, 2.24) is 0 Å². The standard InChI is InChI=1S/C19H12F5NO4/c1-27-15-9-10(2-7-14(15)28-18(20)21)8-13-17(26)29-16(25-13)11-3-5-12(6-4-11)19(22,23)24/h2-9,18H,1H3/b13-8+. The van der Waals surface area contributed by atoms with Crippen molar-refractivity contribution in [3.8, 4) is 11.5 Å². The van der Waals surface area contributed by atoms with Crippen LogP contribution >= 0.6 is 0 Å². The SMILES string of the molecule is COc1cc(/C=C2/N=C(c3ccc(C(F)(F)F)cc3)OC2=O)ccc1OC(F)F. The van der Waals surface area contributed by atoms with Crippen molar-refractivity contribution >= 4 is 17.9 Å². The number of rotatable bonds is 5. The van der Waals surface area contributed by atoms with E-state index in [1.54, 1.807) is 0 Å². The van der Waals surface area contributed by atoms with Gasteiger partial charge < -0.3 is 14.2 Å². The molecule has 0 aromatic heterocycles. The summed E-state index contributed by atoms with van der Waals surface area (Å²) in [6.07, 6.45) is -3.18. The Bertz CT molecular complexity index is 981. The number of ether oxygens (including phenoxy) is 3. The molecule has 0 bridgehead atoms. The van der Waals surface area contributed by atoms with Gasteiger partial charge in [0.15, 0.2) is 17.2 Å². The first kappa shape index (κ1) is 20.3. The predicted molar refractivity (Wildman–Crippen MR) is 91.7 cm³/mol. The van der Waals surface area contributed by atoms with Crippen LogP contribution in [0.5, 0.6) is 11.5 Å². The summed E-state index contributed by atoms with van der Waals surface area (Å²) < 4.78 is 77.0. The van der Waals surface area contributed by atoms with Crippen LogP contribution in [0.3, 0.4) is 0 Å². The van der Waals surface area contributed by atoms with Gasteiger partial charge in [0, 0.05) is 5.56 Å². The van der Waals surface area contributed by atoms with Gasteiger partial charge in [-0.1, -0.05) is 6.07 Å². The molecule has 0 amide bonds. The fraction of sp³-hybridized carbons (Fsp3) is 0.158. The summed E-state index contributed by atoms with van der Waals surface area (Å²) in [5.74, 6) is -1.14. The minimum absolute atomic E-state index is 0.0120. The number of methoxy groups -OCH3 is 1. The Morgan fingerprint density at radius 2 is 1.76 bits per heavy atom. The smallest absolute Gasteiger partial charge is 0.416 e. The molecule has 2 aromatic rings. The summed E-state index contributed by atoms with van der Waals surface area (Å²) in [5.41, 5.74) is -0.398. The van der Waals surface area contributed by atoms with Crippen LogP contribution in [0, 0.1) is 0 Å². The number of benzene rings is 2. The lowest BCUT2D eigenvalue weighted by atomic mass is 10.1. The molecule has 1 aliphatic heterocycles. The van der Waals surface area contributed by atoms with E-state index in [2.05, 4.69) is 9.73 Å². The molecule has 2 aromatic carbocycles. The van der Waals surface area contributed by atoms with Crippen LogP contribution in [-0.4, -0.2) is 25.6 Å². The van der Waals surface area contributed by atoms with Gasteiger partial charge in [-0.25, -0.2) is 9.79 Å². The van der Waals surface area contributed by atoms with Crippen LogP contribution in [0.1, 0.15) is 16.7 Å². The Kier molecular flexibility index (Phi) is 5.53. The van der Waals surface area contributed by atoms with Gasteiger partial charge in [-0.15, -0.1) is 0 Å². The molecule has 0 atom stereocenters. The first-order valence-corrected chi connectivity index (χ1v) is 8.00. The Labute approximate surface area is 161 Å². The van der Waals surface area contributed by atoms with Crippen molar-refractivity contribution in [2.24, 2.45) is 4.99 Å². The molecule has 1 heterocycles. The van der Waals surface area contributed by atoms with Crippen LogP contribution in [0.25, 0.3) is 6.08 Å². The van der Waals surface area contributed by atoms with Crippen LogP contribution < -0.4 is 9.47 Å². The first-order valence-electron chi connectivity index (χ1n) is 8.00. The van der Waals surface area contributed by atoms with Gasteiger partial charge in [0.25, 0.3) is 0 Å². The number of esters is 1. The number of nitrogens with zero attached hydrogens (tertiary/aromatic N) is 1. The number of halogens is 5. The lowest BCUT2D eigenvalue weighted by molar-refractivity contribution is -0.137. The van der Waals surface area contributed by atoms with Gasteiger partial charge in [0.2, 0.25) is 5.90 Å². The van der Waals surface area contributed by atoms with Crippen LogP contribution in [0.15, 0.2) is 53.2 Å². The van der Waals surface area contributed by atoms with Crippen LogP contribution in [0.4, 0.5) is 22.0 Å². The third kappa shape index (κ3) is 4.71. The van der Waals surface area contributed by atoms with Crippen molar-refractivity contribution in [1.29, 1.82) is 0 Å². The Morgan fingerprint density at radius 1 is 1.07 bits per heavy atom. The molecule has 10 heteroatoms. The van der Waals surface area contributed by atoms with Gasteiger partial charge in [-0.05, 0) is 48.0 Å². The van der Waals surface area contributed by atoms with E-state index in [1.165, 1.54) is 31.4 Å². The molecular formula is C19H12F5NO4. The topological polar surface area (TPSA) is 57.1 Å². The van der Waals surface area contributed by atoms with E-state index in [9.17, 15) is 26.7 Å². The lowest BCUT2D eigenvalue weighted by Gasteiger charge is -2.10. The van der Waals surface area contributed by atoms with Crippen molar-refractivity contribution in [3.63, 3.8) is 0 Å². The molecule has 0 saturated heterocycles. The summed E-state index contributed by atoms with van der Waals surface area (Å²) in [7, 11) is 1.26. The van der Waals surface area contributed by atoms with E-state index in [-0.39, 0.29) is 28.7 Å². The van der Waals surface area contributed by atoms with E-state index in [1.807, 2.05) is 0 Å². The third-order valence-corrected chi connectivity index (χ3v) is 3.79. The molecule has 1 aliphatic rings. The number of carbonyl (C=O) groups is 1. The highest BCUT2D eigenvalue weighted by molar-refractivity contribution is 6.12. The van der Waals surface area contributed by atoms with Crippen molar-refractivity contribution < 1.29 is 41.0 Å². The van der Waals surface area contributed by atoms with Gasteiger partial charge in [0.05, 0.1) is 12.7 Å². The molecule has 0 spiro atoms. The molecule has 152 valence electrons. The van der Waals surface area contributed by atoms with Crippen molar-refractivity contribution in [3.05, 3.63) is 64.9 Å². The van der Waals surface area contributed by atoms with Gasteiger partial charge in [-0.2, -0.15) is 22.0 Å². The minimum Gasteiger partial charge on any atom is -0.493 e. The molecule has 3 rings (SSSR count).